The van der Waals surface area contributed by atoms with Crippen molar-refractivity contribution in [1.82, 2.24) is 5.32 Å². The molecular weight excluding hydrogens is 312 g/mol. The molecule has 0 aromatic heterocycles. The summed E-state index contributed by atoms with van der Waals surface area (Å²) in [6.45, 7) is 2.13. The van der Waals surface area contributed by atoms with E-state index in [9.17, 15) is 9.59 Å². The number of carboxylic acids is 1. The Morgan fingerprint density at radius 2 is 2.00 bits per heavy atom. The Balaban J connectivity index is 2.75. The summed E-state index contributed by atoms with van der Waals surface area (Å²) >= 11 is 7.51. The van der Waals surface area contributed by atoms with Gasteiger partial charge in [0.2, 0.25) is 0 Å². The van der Waals surface area contributed by atoms with E-state index in [0.29, 0.717) is 23.2 Å². The van der Waals surface area contributed by atoms with E-state index >= 15 is 0 Å². The van der Waals surface area contributed by atoms with Crippen LogP contribution in [0.15, 0.2) is 24.3 Å². The molecule has 1 unspecified atom stereocenters. The maximum Gasteiger partial charge on any atom is 0.323 e. The van der Waals surface area contributed by atoms with Gasteiger partial charge in [0.1, 0.15) is 6.54 Å². The van der Waals surface area contributed by atoms with Crippen LogP contribution in [0.5, 0.6) is 0 Å². The lowest BCUT2D eigenvalue weighted by molar-refractivity contribution is -0.135. The molecule has 0 aliphatic rings. The number of hydrogen-bond donors (Lipinski definition) is 2. The van der Waals surface area contributed by atoms with Crippen molar-refractivity contribution in [3.05, 3.63) is 29.3 Å². The van der Waals surface area contributed by atoms with E-state index in [0.717, 1.165) is 5.75 Å². The molecule has 0 saturated carbocycles. The van der Waals surface area contributed by atoms with E-state index in [-0.39, 0.29) is 0 Å². The molecule has 0 aliphatic carbocycles. The third-order valence-electron chi connectivity index (χ3n) is 2.73. The molecular formula is C14H19ClN2O3S. The number of hydrogen-bond acceptors (Lipinski definition) is 3. The Hall–Kier alpha value is -1.40. The topological polar surface area (TPSA) is 69.6 Å². The van der Waals surface area contributed by atoms with E-state index in [4.69, 9.17) is 16.7 Å². The molecule has 21 heavy (non-hydrogen) atoms. The molecule has 2 N–H and O–H groups in total. The number of aliphatic carboxylic acids is 1. The van der Waals surface area contributed by atoms with Crippen LogP contribution in [0.3, 0.4) is 0 Å². The van der Waals surface area contributed by atoms with Gasteiger partial charge in [0, 0.05) is 17.3 Å². The highest BCUT2D eigenvalue weighted by Gasteiger charge is 2.19. The van der Waals surface area contributed by atoms with E-state index in [1.807, 2.05) is 13.2 Å². The minimum Gasteiger partial charge on any atom is -0.480 e. The fourth-order valence-corrected chi connectivity index (χ4v) is 2.55. The summed E-state index contributed by atoms with van der Waals surface area (Å²) in [6, 6.07) is 6.06. The summed E-state index contributed by atoms with van der Waals surface area (Å²) in [5.41, 5.74) is 0.497. The Kier molecular flexibility index (Phi) is 7.39. The van der Waals surface area contributed by atoms with Crippen LogP contribution in [-0.4, -0.2) is 42.2 Å². The largest absolute Gasteiger partial charge is 0.480 e. The van der Waals surface area contributed by atoms with Crippen molar-refractivity contribution in [3.63, 3.8) is 0 Å². The van der Waals surface area contributed by atoms with Gasteiger partial charge in [0.05, 0.1) is 0 Å². The zero-order valence-electron chi connectivity index (χ0n) is 12.0. The predicted molar refractivity (Wildman–Crippen MR) is 87.4 cm³/mol. The van der Waals surface area contributed by atoms with Crippen LogP contribution < -0.4 is 10.2 Å². The van der Waals surface area contributed by atoms with E-state index in [1.54, 1.807) is 36.0 Å². The first kappa shape index (κ1) is 17.7. The van der Waals surface area contributed by atoms with Crippen molar-refractivity contribution in [2.45, 2.75) is 6.92 Å². The number of nitrogens with zero attached hydrogens (tertiary/aromatic N) is 1. The smallest absolute Gasteiger partial charge is 0.323 e. The fourth-order valence-electron chi connectivity index (χ4n) is 1.74. The van der Waals surface area contributed by atoms with Gasteiger partial charge in [-0.15, -0.1) is 0 Å². The highest BCUT2D eigenvalue weighted by atomic mass is 35.5. The van der Waals surface area contributed by atoms with Crippen molar-refractivity contribution >= 4 is 41.1 Å². The van der Waals surface area contributed by atoms with Crippen LogP contribution in [0.25, 0.3) is 0 Å². The molecule has 0 aliphatic heterocycles. The number of amides is 2. The Bertz CT molecular complexity index is 482. The number of carbonyl (C=O) groups excluding carboxylic acids is 1. The highest BCUT2D eigenvalue weighted by Crippen LogP contribution is 2.18. The number of benzene rings is 1. The molecule has 116 valence electrons. The number of halogens is 1. The molecule has 5 nitrogen and oxygen atoms in total. The van der Waals surface area contributed by atoms with Gasteiger partial charge in [-0.05, 0) is 42.2 Å². The average Bonchev–Trinajstić information content (AvgIpc) is 2.43. The first-order valence-electron chi connectivity index (χ1n) is 6.45. The maximum absolute atomic E-state index is 12.2. The van der Waals surface area contributed by atoms with Crippen molar-refractivity contribution in [3.8, 4) is 0 Å². The molecule has 1 rings (SSSR count). The van der Waals surface area contributed by atoms with Crippen molar-refractivity contribution in [1.29, 1.82) is 0 Å². The lowest BCUT2D eigenvalue weighted by atomic mass is 10.2. The summed E-state index contributed by atoms with van der Waals surface area (Å²) < 4.78 is 0. The first-order valence-corrected chi connectivity index (χ1v) is 8.23. The van der Waals surface area contributed by atoms with Crippen LogP contribution in [0.2, 0.25) is 5.02 Å². The molecule has 0 spiro atoms. The van der Waals surface area contributed by atoms with Gasteiger partial charge in [0.15, 0.2) is 0 Å². The normalized spacial score (nSPS) is 11.8. The SMILES string of the molecule is CSCC(C)CNC(=O)N(CC(=O)O)c1ccc(Cl)cc1. The van der Waals surface area contributed by atoms with E-state index in [1.165, 1.54) is 4.90 Å². The number of anilines is 1. The maximum atomic E-state index is 12.2. The van der Waals surface area contributed by atoms with Gasteiger partial charge in [-0.2, -0.15) is 11.8 Å². The second kappa shape index (κ2) is 8.79. The minimum absolute atomic E-state index is 0.320. The van der Waals surface area contributed by atoms with Crippen molar-refractivity contribution < 1.29 is 14.7 Å². The molecule has 0 fully saturated rings. The van der Waals surface area contributed by atoms with Crippen LogP contribution in [0.1, 0.15) is 6.92 Å². The second-order valence-electron chi connectivity index (χ2n) is 4.70. The standard InChI is InChI=1S/C14H19ClN2O3S/c1-10(9-21-2)7-16-14(20)17(8-13(18)19)12-5-3-11(15)4-6-12/h3-6,10H,7-9H2,1-2H3,(H,16,20)(H,18,19). The third-order valence-corrected chi connectivity index (χ3v) is 3.88. The summed E-state index contributed by atoms with van der Waals surface area (Å²) in [6.07, 6.45) is 2.00. The van der Waals surface area contributed by atoms with Crippen LogP contribution in [0, 0.1) is 5.92 Å². The van der Waals surface area contributed by atoms with Gasteiger partial charge in [0.25, 0.3) is 0 Å². The molecule has 2 amide bonds. The van der Waals surface area contributed by atoms with Gasteiger partial charge in [-0.25, -0.2) is 4.79 Å². The van der Waals surface area contributed by atoms with Crippen LogP contribution >= 0.6 is 23.4 Å². The highest BCUT2D eigenvalue weighted by molar-refractivity contribution is 7.98. The quantitative estimate of drug-likeness (QED) is 0.806. The van der Waals surface area contributed by atoms with E-state index in [2.05, 4.69) is 5.32 Å². The van der Waals surface area contributed by atoms with Gasteiger partial charge in [-0.1, -0.05) is 18.5 Å². The van der Waals surface area contributed by atoms with Crippen molar-refractivity contribution in [2.24, 2.45) is 5.92 Å². The molecule has 0 bridgehead atoms. The predicted octanol–water partition coefficient (Wildman–Crippen LogP) is 2.94. The van der Waals surface area contributed by atoms with Crippen LogP contribution in [-0.2, 0) is 4.79 Å². The number of carboxylic acid groups (broad SMARTS) is 1. The molecule has 0 heterocycles. The Morgan fingerprint density at radius 3 is 2.52 bits per heavy atom. The lowest BCUT2D eigenvalue weighted by Crippen LogP contribution is -2.44. The van der Waals surface area contributed by atoms with Gasteiger partial charge in [-0.3, -0.25) is 9.69 Å². The zero-order chi connectivity index (χ0) is 15.8. The summed E-state index contributed by atoms with van der Waals surface area (Å²) in [4.78, 5) is 24.3. The van der Waals surface area contributed by atoms with Gasteiger partial charge < -0.3 is 10.4 Å². The van der Waals surface area contributed by atoms with E-state index < -0.39 is 18.5 Å². The number of urea groups is 1. The molecule has 0 radical (unpaired) electrons. The molecule has 0 saturated heterocycles. The number of thioether (sulfide) groups is 1. The third kappa shape index (κ3) is 6.27. The monoisotopic (exact) mass is 330 g/mol. The zero-order valence-corrected chi connectivity index (χ0v) is 13.6. The number of rotatable bonds is 7. The summed E-state index contributed by atoms with van der Waals surface area (Å²) in [5, 5.41) is 12.3. The average molecular weight is 331 g/mol. The minimum atomic E-state index is -1.07. The van der Waals surface area contributed by atoms with Crippen LogP contribution in [0.4, 0.5) is 10.5 Å². The first-order chi connectivity index (χ1) is 9.93. The Morgan fingerprint density at radius 1 is 1.38 bits per heavy atom. The number of nitrogens with one attached hydrogen (secondary N) is 1. The molecule has 1 aromatic carbocycles. The summed E-state index contributed by atoms with van der Waals surface area (Å²) in [7, 11) is 0. The van der Waals surface area contributed by atoms with Gasteiger partial charge >= 0.3 is 12.0 Å². The lowest BCUT2D eigenvalue weighted by Gasteiger charge is -2.22. The Labute approximate surface area is 133 Å². The second-order valence-corrected chi connectivity index (χ2v) is 6.05. The molecule has 1 atom stereocenters. The fraction of sp³-hybridized carbons (Fsp3) is 0.429. The molecule has 7 heteroatoms. The molecule has 1 aromatic rings. The van der Waals surface area contributed by atoms with Crippen molar-refractivity contribution in [2.75, 3.05) is 30.0 Å². The summed E-state index contributed by atoms with van der Waals surface area (Å²) in [5.74, 6) is 0.179. The number of carbonyl (C=O) groups is 2.